The number of carbonyl (C=O) groups is 1. The number of anilines is 2. The van der Waals surface area contributed by atoms with Crippen LogP contribution < -0.4 is 10.6 Å². The molecule has 0 aromatic heterocycles. The Labute approximate surface area is 169 Å². The molecule has 0 atom stereocenters. The van der Waals surface area contributed by atoms with Crippen LogP contribution in [0.1, 0.15) is 11.1 Å². The molecule has 0 saturated carbocycles. The Kier molecular flexibility index (Phi) is 6.62. The summed E-state index contributed by atoms with van der Waals surface area (Å²) < 4.78 is 90.3. The molecule has 1 amide bonds. The standard InChI is InChI=1S/C18H9ClF7N3O/c19-14-6-12(1-2-15(14)20)29-16(30)9(7-27)8-28-13-4-10(17(21,22)23)3-11(5-13)18(24,25)26/h1-6,8,28H,(H,29,30)/b9-8-. The van der Waals surface area contributed by atoms with E-state index in [9.17, 15) is 35.5 Å². The summed E-state index contributed by atoms with van der Waals surface area (Å²) in [5, 5.41) is 13.0. The van der Waals surface area contributed by atoms with E-state index in [0.717, 1.165) is 18.2 Å². The number of rotatable bonds is 4. The van der Waals surface area contributed by atoms with Gasteiger partial charge in [0.05, 0.1) is 16.1 Å². The van der Waals surface area contributed by atoms with Crippen LogP contribution in [0.15, 0.2) is 48.2 Å². The zero-order chi connectivity index (χ0) is 22.7. The Bertz CT molecular complexity index is 1010. The molecule has 0 aliphatic carbocycles. The predicted molar refractivity (Wildman–Crippen MR) is 93.8 cm³/mol. The first-order valence-corrected chi connectivity index (χ1v) is 8.11. The molecule has 158 valence electrons. The van der Waals surface area contributed by atoms with Crippen molar-refractivity contribution in [3.8, 4) is 6.07 Å². The number of nitriles is 1. The second-order valence-electron chi connectivity index (χ2n) is 5.69. The third-order valence-corrected chi connectivity index (χ3v) is 3.80. The first-order valence-electron chi connectivity index (χ1n) is 7.74. The van der Waals surface area contributed by atoms with Crippen molar-refractivity contribution in [1.82, 2.24) is 0 Å². The number of nitrogens with zero attached hydrogens (tertiary/aromatic N) is 1. The molecule has 30 heavy (non-hydrogen) atoms. The van der Waals surface area contributed by atoms with E-state index >= 15 is 0 Å². The van der Waals surface area contributed by atoms with Gasteiger partial charge in [-0.3, -0.25) is 4.79 Å². The van der Waals surface area contributed by atoms with E-state index in [1.54, 1.807) is 0 Å². The van der Waals surface area contributed by atoms with Gasteiger partial charge in [0.15, 0.2) is 0 Å². The quantitative estimate of drug-likeness (QED) is 0.342. The zero-order valence-electron chi connectivity index (χ0n) is 14.4. The van der Waals surface area contributed by atoms with Crippen LogP contribution in [-0.2, 0) is 17.1 Å². The SMILES string of the molecule is N#C/C(=C/Nc1cc(C(F)(F)F)cc(C(F)(F)F)c1)C(=O)Nc1ccc(F)c(Cl)c1. The van der Waals surface area contributed by atoms with Crippen molar-refractivity contribution in [2.45, 2.75) is 12.4 Å². The average Bonchev–Trinajstić information content (AvgIpc) is 2.63. The van der Waals surface area contributed by atoms with Gasteiger partial charge in [0.2, 0.25) is 0 Å². The number of halogens is 8. The number of amides is 1. The molecule has 4 nitrogen and oxygen atoms in total. The molecule has 0 aliphatic heterocycles. The molecule has 0 aliphatic rings. The van der Waals surface area contributed by atoms with Crippen molar-refractivity contribution < 1.29 is 35.5 Å². The van der Waals surface area contributed by atoms with Gasteiger partial charge in [0.1, 0.15) is 17.5 Å². The third kappa shape index (κ3) is 5.87. The fourth-order valence-corrected chi connectivity index (χ4v) is 2.30. The van der Waals surface area contributed by atoms with E-state index in [-0.39, 0.29) is 16.8 Å². The van der Waals surface area contributed by atoms with Gasteiger partial charge in [0.25, 0.3) is 5.91 Å². The minimum atomic E-state index is -5.06. The fourth-order valence-electron chi connectivity index (χ4n) is 2.11. The lowest BCUT2D eigenvalue weighted by atomic mass is 10.1. The smallest absolute Gasteiger partial charge is 0.360 e. The van der Waals surface area contributed by atoms with Crippen LogP contribution >= 0.6 is 11.6 Å². The second-order valence-corrected chi connectivity index (χ2v) is 6.10. The summed E-state index contributed by atoms with van der Waals surface area (Å²) in [6, 6.07) is 5.26. The van der Waals surface area contributed by atoms with E-state index in [0.29, 0.717) is 18.3 Å². The number of hydrogen-bond donors (Lipinski definition) is 2. The summed E-state index contributed by atoms with van der Waals surface area (Å²) in [5.74, 6) is -1.83. The summed E-state index contributed by atoms with van der Waals surface area (Å²) in [6.45, 7) is 0. The van der Waals surface area contributed by atoms with E-state index in [4.69, 9.17) is 16.9 Å². The molecule has 0 spiro atoms. The fraction of sp³-hybridized carbons (Fsp3) is 0.111. The lowest BCUT2D eigenvalue weighted by Gasteiger charge is -2.14. The molecule has 2 rings (SSSR count). The van der Waals surface area contributed by atoms with Crippen molar-refractivity contribution in [2.75, 3.05) is 10.6 Å². The number of carbonyl (C=O) groups excluding carboxylic acids is 1. The van der Waals surface area contributed by atoms with Gasteiger partial charge in [-0.2, -0.15) is 31.6 Å². The maximum atomic E-state index is 13.1. The number of alkyl halides is 6. The molecule has 12 heteroatoms. The lowest BCUT2D eigenvalue weighted by Crippen LogP contribution is -2.15. The van der Waals surface area contributed by atoms with Crippen molar-refractivity contribution in [2.24, 2.45) is 0 Å². The Hall–Kier alpha value is -3.26. The normalized spacial score (nSPS) is 12.3. The highest BCUT2D eigenvalue weighted by atomic mass is 35.5. The molecule has 0 heterocycles. The number of hydrogen-bond acceptors (Lipinski definition) is 3. The summed E-state index contributed by atoms with van der Waals surface area (Å²) in [5.41, 5.74) is -4.47. The van der Waals surface area contributed by atoms with Crippen LogP contribution in [0.25, 0.3) is 0 Å². The summed E-state index contributed by atoms with van der Waals surface area (Å²) in [7, 11) is 0. The summed E-state index contributed by atoms with van der Waals surface area (Å²) >= 11 is 5.55. The molecular formula is C18H9ClF7N3O. The van der Waals surface area contributed by atoms with Gasteiger partial charge in [0, 0.05) is 17.6 Å². The Morgan fingerprint density at radius 1 is 0.967 bits per heavy atom. The van der Waals surface area contributed by atoms with Crippen molar-refractivity contribution >= 4 is 28.9 Å². The second kappa shape index (κ2) is 8.62. The largest absolute Gasteiger partial charge is 0.416 e. The number of nitrogens with one attached hydrogen (secondary N) is 2. The van der Waals surface area contributed by atoms with Crippen molar-refractivity contribution in [3.63, 3.8) is 0 Å². The lowest BCUT2D eigenvalue weighted by molar-refractivity contribution is -0.143. The Morgan fingerprint density at radius 2 is 1.53 bits per heavy atom. The van der Waals surface area contributed by atoms with Crippen molar-refractivity contribution in [3.05, 3.63) is 70.1 Å². The maximum absolute atomic E-state index is 13.1. The highest BCUT2D eigenvalue weighted by Crippen LogP contribution is 2.37. The summed E-state index contributed by atoms with van der Waals surface area (Å²) in [6.07, 6.45) is -9.48. The van der Waals surface area contributed by atoms with Crippen LogP contribution in [0.5, 0.6) is 0 Å². The third-order valence-electron chi connectivity index (χ3n) is 3.51. The van der Waals surface area contributed by atoms with E-state index in [2.05, 4.69) is 10.6 Å². The van der Waals surface area contributed by atoms with Gasteiger partial charge in [-0.25, -0.2) is 4.39 Å². The van der Waals surface area contributed by atoms with Gasteiger partial charge in [-0.05, 0) is 36.4 Å². The van der Waals surface area contributed by atoms with E-state index in [1.807, 2.05) is 0 Å². The highest BCUT2D eigenvalue weighted by Gasteiger charge is 2.36. The molecular weight excluding hydrogens is 443 g/mol. The minimum Gasteiger partial charge on any atom is -0.360 e. The molecule has 2 aromatic carbocycles. The molecule has 2 N–H and O–H groups in total. The topological polar surface area (TPSA) is 64.9 Å². The Morgan fingerprint density at radius 3 is 2.00 bits per heavy atom. The van der Waals surface area contributed by atoms with Crippen LogP contribution in [0, 0.1) is 17.1 Å². The van der Waals surface area contributed by atoms with Gasteiger partial charge >= 0.3 is 12.4 Å². The highest BCUT2D eigenvalue weighted by molar-refractivity contribution is 6.31. The van der Waals surface area contributed by atoms with Crippen LogP contribution in [0.3, 0.4) is 0 Å². The van der Waals surface area contributed by atoms with Crippen LogP contribution in [-0.4, -0.2) is 5.91 Å². The average molecular weight is 452 g/mol. The van der Waals surface area contributed by atoms with E-state index < -0.39 is 46.5 Å². The first-order chi connectivity index (χ1) is 13.8. The van der Waals surface area contributed by atoms with Gasteiger partial charge in [-0.1, -0.05) is 11.6 Å². The first kappa shape index (κ1) is 23.0. The molecule has 0 bridgehead atoms. The van der Waals surface area contributed by atoms with Gasteiger partial charge in [-0.15, -0.1) is 0 Å². The van der Waals surface area contributed by atoms with E-state index in [1.165, 1.54) is 6.07 Å². The molecule has 2 aromatic rings. The Balaban J connectivity index is 2.30. The summed E-state index contributed by atoms with van der Waals surface area (Å²) in [4.78, 5) is 12.1. The zero-order valence-corrected chi connectivity index (χ0v) is 15.2. The van der Waals surface area contributed by atoms with Crippen LogP contribution in [0.4, 0.5) is 42.1 Å². The van der Waals surface area contributed by atoms with Crippen molar-refractivity contribution in [1.29, 1.82) is 5.26 Å². The van der Waals surface area contributed by atoms with Crippen LogP contribution in [0.2, 0.25) is 5.02 Å². The monoisotopic (exact) mass is 451 g/mol. The predicted octanol–water partition coefficient (Wildman–Crippen LogP) is 5.97. The van der Waals surface area contributed by atoms with Gasteiger partial charge < -0.3 is 10.6 Å². The minimum absolute atomic E-state index is 0.00553. The molecule has 0 fully saturated rings. The molecule has 0 radical (unpaired) electrons. The number of benzene rings is 2. The maximum Gasteiger partial charge on any atom is 0.416 e. The molecule has 0 unspecified atom stereocenters. The molecule has 0 saturated heterocycles.